The van der Waals surface area contributed by atoms with Gasteiger partial charge >= 0.3 is 6.18 Å². The second-order valence-electron chi connectivity index (χ2n) is 5.76. The van der Waals surface area contributed by atoms with Crippen LogP contribution in [0.4, 0.5) is 13.2 Å². The first-order valence-electron chi connectivity index (χ1n) is 7.40. The monoisotopic (exact) mass is 339 g/mol. The Balaban J connectivity index is 3.07. The number of aliphatic hydroxyl groups is 1. The summed E-state index contributed by atoms with van der Waals surface area (Å²) in [4.78, 5) is 16.4. The van der Waals surface area contributed by atoms with Crippen molar-refractivity contribution in [1.29, 1.82) is 0 Å². The Morgan fingerprint density at radius 3 is 2.57 bits per heavy atom. The number of hydrogen-bond donors (Lipinski definition) is 3. The van der Waals surface area contributed by atoms with Crippen molar-refractivity contribution >= 4 is 11.5 Å². The number of carbonyl (C=O) groups is 1. The van der Waals surface area contributed by atoms with Gasteiger partial charge in [0.25, 0.3) is 0 Å². The van der Waals surface area contributed by atoms with E-state index in [1.165, 1.54) is 14.2 Å². The fraction of sp³-hybridized carbons (Fsp3) is 0.857. The molecule has 6 nitrogen and oxygen atoms in total. The van der Waals surface area contributed by atoms with Crippen molar-refractivity contribution in [2.45, 2.75) is 44.3 Å². The van der Waals surface area contributed by atoms with E-state index in [0.717, 1.165) is 0 Å². The zero-order chi connectivity index (χ0) is 17.8. The maximum atomic E-state index is 12.8. The molecule has 0 radical (unpaired) electrons. The second kappa shape index (κ2) is 8.18. The molecule has 0 aromatic heterocycles. The summed E-state index contributed by atoms with van der Waals surface area (Å²) in [5.41, 5.74) is 5.82. The van der Waals surface area contributed by atoms with Crippen LogP contribution in [0.5, 0.6) is 0 Å². The zero-order valence-electron chi connectivity index (χ0n) is 13.4. The average Bonchev–Trinajstić information content (AvgIpc) is 2.46. The smallest absolute Gasteiger partial charge is 0.379 e. The van der Waals surface area contributed by atoms with E-state index in [9.17, 15) is 23.1 Å². The summed E-state index contributed by atoms with van der Waals surface area (Å²) in [5, 5.41) is 12.5. The number of hydrogen-bond acceptors (Lipinski definition) is 6. The molecular weight excluding hydrogens is 315 g/mol. The molecule has 0 aliphatic carbocycles. The number of ether oxygens (including phenoxy) is 1. The van der Waals surface area contributed by atoms with E-state index < -0.39 is 42.1 Å². The van der Waals surface area contributed by atoms with Crippen molar-refractivity contribution in [1.82, 2.24) is 5.32 Å². The van der Waals surface area contributed by atoms with Gasteiger partial charge in [0.2, 0.25) is 0 Å². The summed E-state index contributed by atoms with van der Waals surface area (Å²) in [5.74, 6) is -2.18. The van der Waals surface area contributed by atoms with Gasteiger partial charge in [-0.25, -0.2) is 0 Å². The molecule has 0 aromatic carbocycles. The lowest BCUT2D eigenvalue weighted by Crippen LogP contribution is -2.51. The topological polar surface area (TPSA) is 96.9 Å². The van der Waals surface area contributed by atoms with Crippen molar-refractivity contribution in [2.24, 2.45) is 22.6 Å². The van der Waals surface area contributed by atoms with Crippen molar-refractivity contribution in [2.75, 3.05) is 20.8 Å². The highest BCUT2D eigenvalue weighted by atomic mass is 19.4. The average molecular weight is 339 g/mol. The molecule has 5 unspecified atom stereocenters. The highest BCUT2D eigenvalue weighted by Gasteiger charge is 2.45. The van der Waals surface area contributed by atoms with Gasteiger partial charge in [0.1, 0.15) is 18.1 Å². The number of Topliss-reactive ketones (excluding diaryl/α,β-unsaturated/α-hetero) is 1. The standard InChI is InChI=1S/C14H24F3N3O3/c1-7(18)11(13(22)19-2)12(21)8-4-5-10(14(15,16)17)20-9(8)6-23-3/h7-8,10-11,13,19,22H,4-6,18H2,1-3H3. The fourth-order valence-corrected chi connectivity index (χ4v) is 2.79. The minimum Gasteiger partial charge on any atom is -0.379 e. The lowest BCUT2D eigenvalue weighted by Gasteiger charge is -2.32. The molecule has 0 fully saturated rings. The van der Waals surface area contributed by atoms with Crippen LogP contribution in [-0.4, -0.2) is 61.9 Å². The first-order valence-corrected chi connectivity index (χ1v) is 7.40. The molecule has 5 atom stereocenters. The van der Waals surface area contributed by atoms with Crippen LogP contribution in [0.1, 0.15) is 19.8 Å². The quantitative estimate of drug-likeness (QED) is 0.587. The predicted molar refractivity (Wildman–Crippen MR) is 79.1 cm³/mol. The Hall–Kier alpha value is -1.03. The molecule has 0 bridgehead atoms. The van der Waals surface area contributed by atoms with Gasteiger partial charge in [0, 0.05) is 18.9 Å². The number of carbonyl (C=O) groups excluding carboxylic acids is 1. The Bertz CT molecular complexity index is 441. The zero-order valence-corrected chi connectivity index (χ0v) is 13.4. The molecule has 23 heavy (non-hydrogen) atoms. The van der Waals surface area contributed by atoms with Crippen LogP contribution < -0.4 is 11.1 Å². The van der Waals surface area contributed by atoms with Gasteiger partial charge in [-0.3, -0.25) is 15.1 Å². The highest BCUT2D eigenvalue weighted by Crippen LogP contribution is 2.33. The molecule has 0 saturated carbocycles. The largest absolute Gasteiger partial charge is 0.410 e. The molecule has 1 rings (SSSR count). The van der Waals surface area contributed by atoms with Crippen LogP contribution in [0.2, 0.25) is 0 Å². The number of methoxy groups -OCH3 is 1. The van der Waals surface area contributed by atoms with Crippen LogP contribution in [0.3, 0.4) is 0 Å². The summed E-state index contributed by atoms with van der Waals surface area (Å²) in [6.45, 7) is 1.40. The highest BCUT2D eigenvalue weighted by molar-refractivity contribution is 6.07. The van der Waals surface area contributed by atoms with E-state index in [2.05, 4.69) is 10.3 Å². The fourth-order valence-electron chi connectivity index (χ4n) is 2.79. The Morgan fingerprint density at radius 2 is 2.13 bits per heavy atom. The van der Waals surface area contributed by atoms with E-state index in [1.54, 1.807) is 6.92 Å². The minimum atomic E-state index is -4.45. The number of alkyl halides is 3. The number of ketones is 1. The normalized spacial score (nSPS) is 26.3. The summed E-state index contributed by atoms with van der Waals surface area (Å²) in [7, 11) is 2.80. The van der Waals surface area contributed by atoms with Gasteiger partial charge in [-0.15, -0.1) is 0 Å². The molecule has 134 valence electrons. The van der Waals surface area contributed by atoms with Gasteiger partial charge in [-0.1, -0.05) is 0 Å². The number of nitrogens with one attached hydrogen (secondary N) is 1. The predicted octanol–water partition coefficient (Wildman–Crippen LogP) is 0.485. The van der Waals surface area contributed by atoms with Crippen molar-refractivity contribution < 1.29 is 27.8 Å². The lowest BCUT2D eigenvalue weighted by molar-refractivity contribution is -0.151. The number of aliphatic hydroxyl groups excluding tert-OH is 1. The maximum absolute atomic E-state index is 12.8. The SMILES string of the molecule is CNC(O)C(C(=O)C1CCC(C(F)(F)F)N=C1COC)C(C)N. The minimum absolute atomic E-state index is 0.00482. The molecule has 1 aliphatic heterocycles. The summed E-state index contributed by atoms with van der Waals surface area (Å²) in [6.07, 6.45) is -5.89. The third-order valence-electron chi connectivity index (χ3n) is 4.00. The first kappa shape index (κ1) is 20.0. The molecule has 0 aromatic rings. The first-order chi connectivity index (χ1) is 10.6. The maximum Gasteiger partial charge on any atom is 0.410 e. The van der Waals surface area contributed by atoms with Gasteiger partial charge in [-0.05, 0) is 26.8 Å². The molecule has 1 heterocycles. The van der Waals surface area contributed by atoms with Gasteiger partial charge in [0.15, 0.2) is 0 Å². The summed E-state index contributed by atoms with van der Waals surface area (Å²) in [6, 6.07) is -2.48. The molecule has 1 aliphatic rings. The summed E-state index contributed by atoms with van der Waals surface area (Å²) < 4.78 is 43.4. The molecule has 0 amide bonds. The van der Waals surface area contributed by atoms with Crippen LogP contribution in [-0.2, 0) is 9.53 Å². The van der Waals surface area contributed by atoms with E-state index in [-0.39, 0.29) is 25.2 Å². The Labute approximate surface area is 133 Å². The van der Waals surface area contributed by atoms with Crippen LogP contribution in [0.25, 0.3) is 0 Å². The van der Waals surface area contributed by atoms with E-state index >= 15 is 0 Å². The van der Waals surface area contributed by atoms with Gasteiger partial charge in [0.05, 0.1) is 18.4 Å². The van der Waals surface area contributed by atoms with Gasteiger partial charge < -0.3 is 15.6 Å². The third kappa shape index (κ3) is 4.97. The van der Waals surface area contributed by atoms with Crippen LogP contribution in [0.15, 0.2) is 4.99 Å². The lowest BCUT2D eigenvalue weighted by atomic mass is 9.80. The third-order valence-corrected chi connectivity index (χ3v) is 4.00. The van der Waals surface area contributed by atoms with E-state index in [1.807, 2.05) is 0 Å². The van der Waals surface area contributed by atoms with E-state index in [0.29, 0.717) is 0 Å². The van der Waals surface area contributed by atoms with Crippen LogP contribution >= 0.6 is 0 Å². The van der Waals surface area contributed by atoms with E-state index in [4.69, 9.17) is 10.5 Å². The molecule has 4 N–H and O–H groups in total. The number of rotatable bonds is 7. The number of nitrogens with zero attached hydrogens (tertiary/aromatic N) is 1. The molecule has 0 spiro atoms. The van der Waals surface area contributed by atoms with Crippen LogP contribution in [0, 0.1) is 11.8 Å². The second-order valence-corrected chi connectivity index (χ2v) is 5.76. The summed E-state index contributed by atoms with van der Waals surface area (Å²) >= 11 is 0. The number of nitrogens with two attached hydrogens (primary N) is 1. The van der Waals surface area contributed by atoms with Crippen molar-refractivity contribution in [3.05, 3.63) is 0 Å². The molecule has 9 heteroatoms. The molecule has 0 saturated heterocycles. The Morgan fingerprint density at radius 1 is 1.52 bits per heavy atom. The Kier molecular flexibility index (Phi) is 7.12. The van der Waals surface area contributed by atoms with Gasteiger partial charge in [-0.2, -0.15) is 13.2 Å². The molecular formula is C14H24F3N3O3. The number of halogens is 3. The van der Waals surface area contributed by atoms with Crippen molar-refractivity contribution in [3.8, 4) is 0 Å². The number of aliphatic imine (C=N–C) groups is 1. The van der Waals surface area contributed by atoms with Crippen molar-refractivity contribution in [3.63, 3.8) is 0 Å².